The largest absolute Gasteiger partial charge is 0.352 e. The molecular weight excluding hydrogens is 392 g/mol. The molecular formula is C23H36N6O2. The van der Waals surface area contributed by atoms with Crippen LogP contribution in [0.3, 0.4) is 0 Å². The number of amides is 2. The fourth-order valence-electron chi connectivity index (χ4n) is 4.28. The van der Waals surface area contributed by atoms with Gasteiger partial charge in [-0.2, -0.15) is 0 Å². The number of hydrogen-bond donors (Lipinski definition) is 2. The van der Waals surface area contributed by atoms with Crippen LogP contribution in [0, 0.1) is 0 Å². The molecule has 8 heteroatoms. The van der Waals surface area contributed by atoms with Crippen LogP contribution in [0.2, 0.25) is 0 Å². The number of aliphatic imine (C=N–C) groups is 1. The number of carbonyl (C=O) groups is 2. The first-order valence-corrected chi connectivity index (χ1v) is 11.4. The van der Waals surface area contributed by atoms with Crippen LogP contribution in [-0.2, 0) is 11.3 Å². The quantitative estimate of drug-likeness (QED) is 0.525. The lowest BCUT2D eigenvalue weighted by Gasteiger charge is -2.39. The number of rotatable bonds is 6. The van der Waals surface area contributed by atoms with Crippen LogP contribution in [0.5, 0.6) is 0 Å². The van der Waals surface area contributed by atoms with Crippen LogP contribution in [0.1, 0.15) is 42.6 Å². The predicted molar refractivity (Wildman–Crippen MR) is 123 cm³/mol. The number of benzene rings is 1. The van der Waals surface area contributed by atoms with Crippen LogP contribution < -0.4 is 10.6 Å². The van der Waals surface area contributed by atoms with E-state index in [1.807, 2.05) is 43.0 Å². The van der Waals surface area contributed by atoms with E-state index in [1.165, 1.54) is 0 Å². The van der Waals surface area contributed by atoms with Crippen molar-refractivity contribution in [3.8, 4) is 0 Å². The van der Waals surface area contributed by atoms with E-state index in [0.29, 0.717) is 18.7 Å². The summed E-state index contributed by atoms with van der Waals surface area (Å²) < 4.78 is 0. The Morgan fingerprint density at radius 2 is 1.74 bits per heavy atom. The molecule has 2 saturated heterocycles. The molecule has 2 N–H and O–H groups in total. The van der Waals surface area contributed by atoms with E-state index in [2.05, 4.69) is 25.4 Å². The second-order valence-corrected chi connectivity index (χ2v) is 8.19. The smallest absolute Gasteiger partial charge is 0.251 e. The third-order valence-electron chi connectivity index (χ3n) is 6.13. The van der Waals surface area contributed by atoms with Gasteiger partial charge >= 0.3 is 0 Å². The fourth-order valence-corrected chi connectivity index (χ4v) is 4.28. The number of piperazine rings is 1. The van der Waals surface area contributed by atoms with Crippen molar-refractivity contribution in [2.75, 3.05) is 52.9 Å². The summed E-state index contributed by atoms with van der Waals surface area (Å²) in [5, 5.41) is 6.25. The van der Waals surface area contributed by atoms with Gasteiger partial charge in [-0.05, 0) is 44.4 Å². The molecule has 1 aromatic carbocycles. The van der Waals surface area contributed by atoms with Crippen LogP contribution in [0.4, 0.5) is 0 Å². The van der Waals surface area contributed by atoms with E-state index in [0.717, 1.165) is 63.6 Å². The summed E-state index contributed by atoms with van der Waals surface area (Å²) in [4.78, 5) is 35.7. The predicted octanol–water partition coefficient (Wildman–Crippen LogP) is 1.14. The Hall–Kier alpha value is -2.61. The van der Waals surface area contributed by atoms with E-state index < -0.39 is 0 Å². The van der Waals surface area contributed by atoms with Crippen molar-refractivity contribution in [2.45, 2.75) is 39.3 Å². The molecule has 2 heterocycles. The average Bonchev–Trinajstić information content (AvgIpc) is 3.34. The Balaban J connectivity index is 1.50. The summed E-state index contributed by atoms with van der Waals surface area (Å²) in [7, 11) is 1.79. The molecule has 0 aliphatic carbocycles. The number of carbonyl (C=O) groups excluding carboxylic acids is 2. The summed E-state index contributed by atoms with van der Waals surface area (Å²) in [5.74, 6) is 1.06. The van der Waals surface area contributed by atoms with Crippen LogP contribution >= 0.6 is 0 Å². The van der Waals surface area contributed by atoms with Gasteiger partial charge in [-0.1, -0.05) is 12.1 Å². The zero-order valence-electron chi connectivity index (χ0n) is 19.1. The van der Waals surface area contributed by atoms with E-state index in [-0.39, 0.29) is 17.9 Å². The first kappa shape index (κ1) is 23.1. The van der Waals surface area contributed by atoms with Crippen molar-refractivity contribution in [1.29, 1.82) is 0 Å². The highest BCUT2D eigenvalue weighted by Crippen LogP contribution is 2.14. The standard InChI is InChI=1S/C23H36N6O2/c1-4-25-21(30)20-9-7-8-19(16-20)17-26-23(24-3)29-14-12-27(13-15-29)18(2)22(31)28-10-5-6-11-28/h7-9,16,18H,4-6,10-15,17H2,1-3H3,(H,24,26)(H,25,30). The molecule has 2 fully saturated rings. The summed E-state index contributed by atoms with van der Waals surface area (Å²) in [6.07, 6.45) is 2.25. The van der Waals surface area contributed by atoms with Gasteiger partial charge in [0.1, 0.15) is 0 Å². The minimum absolute atomic E-state index is 0.0533. The van der Waals surface area contributed by atoms with Crippen molar-refractivity contribution < 1.29 is 9.59 Å². The van der Waals surface area contributed by atoms with E-state index in [1.54, 1.807) is 7.05 Å². The van der Waals surface area contributed by atoms with Gasteiger partial charge in [0.05, 0.1) is 6.04 Å². The summed E-state index contributed by atoms with van der Waals surface area (Å²) in [5.41, 5.74) is 1.70. The third kappa shape index (κ3) is 5.97. The summed E-state index contributed by atoms with van der Waals surface area (Å²) >= 11 is 0. The van der Waals surface area contributed by atoms with Gasteiger partial charge < -0.3 is 20.4 Å². The molecule has 0 spiro atoms. The van der Waals surface area contributed by atoms with Gasteiger partial charge in [0.15, 0.2) is 5.96 Å². The Morgan fingerprint density at radius 3 is 2.39 bits per heavy atom. The van der Waals surface area contributed by atoms with Gasteiger partial charge in [-0.3, -0.25) is 19.5 Å². The molecule has 31 heavy (non-hydrogen) atoms. The third-order valence-corrected chi connectivity index (χ3v) is 6.13. The second-order valence-electron chi connectivity index (χ2n) is 8.19. The number of guanidine groups is 1. The SMILES string of the molecule is CCNC(=O)c1cccc(CNC(=NC)N2CCN(C(C)C(=O)N3CCCC3)CC2)c1. The van der Waals surface area contributed by atoms with Crippen LogP contribution in [-0.4, -0.2) is 91.4 Å². The summed E-state index contributed by atoms with van der Waals surface area (Å²) in [6, 6.07) is 7.59. The van der Waals surface area contributed by atoms with Gasteiger partial charge in [0, 0.05) is 65.0 Å². The number of nitrogens with one attached hydrogen (secondary N) is 2. The minimum atomic E-state index is -0.0627. The maximum Gasteiger partial charge on any atom is 0.251 e. The van der Waals surface area contributed by atoms with E-state index in [4.69, 9.17) is 0 Å². The Bertz CT molecular complexity index is 782. The molecule has 170 valence electrons. The summed E-state index contributed by atoms with van der Waals surface area (Å²) in [6.45, 7) is 10.3. The number of hydrogen-bond acceptors (Lipinski definition) is 4. The molecule has 1 unspecified atom stereocenters. The molecule has 1 atom stereocenters. The van der Waals surface area contributed by atoms with Crippen molar-refractivity contribution >= 4 is 17.8 Å². The topological polar surface area (TPSA) is 80.3 Å². The number of likely N-dealkylation sites (tertiary alicyclic amines) is 1. The highest BCUT2D eigenvalue weighted by Gasteiger charge is 2.30. The highest BCUT2D eigenvalue weighted by atomic mass is 16.2. The van der Waals surface area contributed by atoms with E-state index >= 15 is 0 Å². The Labute approximate surface area is 185 Å². The normalized spacial score (nSPS) is 18.7. The zero-order chi connectivity index (χ0) is 22.2. The fraction of sp³-hybridized carbons (Fsp3) is 0.609. The van der Waals surface area contributed by atoms with Crippen molar-refractivity contribution in [2.24, 2.45) is 4.99 Å². The molecule has 3 rings (SSSR count). The van der Waals surface area contributed by atoms with Crippen molar-refractivity contribution in [3.05, 3.63) is 35.4 Å². The molecule has 0 radical (unpaired) electrons. The van der Waals surface area contributed by atoms with Gasteiger partial charge in [-0.25, -0.2) is 0 Å². The minimum Gasteiger partial charge on any atom is -0.352 e. The zero-order valence-corrected chi connectivity index (χ0v) is 19.1. The van der Waals surface area contributed by atoms with Gasteiger partial charge in [-0.15, -0.1) is 0 Å². The van der Waals surface area contributed by atoms with Gasteiger partial charge in [0.25, 0.3) is 5.91 Å². The molecule has 0 saturated carbocycles. The lowest BCUT2D eigenvalue weighted by atomic mass is 10.1. The van der Waals surface area contributed by atoms with Crippen LogP contribution in [0.15, 0.2) is 29.3 Å². The first-order chi connectivity index (χ1) is 15.0. The Kier molecular flexibility index (Phi) is 8.28. The second kappa shape index (κ2) is 11.1. The van der Waals surface area contributed by atoms with Crippen molar-refractivity contribution in [3.63, 3.8) is 0 Å². The van der Waals surface area contributed by atoms with Crippen molar-refractivity contribution in [1.82, 2.24) is 25.3 Å². The number of nitrogens with zero attached hydrogens (tertiary/aromatic N) is 4. The molecule has 0 bridgehead atoms. The maximum absolute atomic E-state index is 12.7. The maximum atomic E-state index is 12.7. The van der Waals surface area contributed by atoms with Crippen LogP contribution in [0.25, 0.3) is 0 Å². The Morgan fingerprint density at radius 1 is 1.03 bits per heavy atom. The molecule has 0 aromatic heterocycles. The molecule has 1 aromatic rings. The lowest BCUT2D eigenvalue weighted by Crippen LogP contribution is -2.57. The average molecular weight is 429 g/mol. The molecule has 8 nitrogen and oxygen atoms in total. The lowest BCUT2D eigenvalue weighted by molar-refractivity contribution is -0.135. The molecule has 2 aliphatic rings. The first-order valence-electron chi connectivity index (χ1n) is 11.4. The molecule has 2 amide bonds. The monoisotopic (exact) mass is 428 g/mol. The van der Waals surface area contributed by atoms with E-state index in [9.17, 15) is 9.59 Å². The highest BCUT2D eigenvalue weighted by molar-refractivity contribution is 5.94. The van der Waals surface area contributed by atoms with Gasteiger partial charge in [0.2, 0.25) is 5.91 Å². The molecule has 2 aliphatic heterocycles.